The van der Waals surface area contributed by atoms with E-state index in [1.54, 1.807) is 0 Å². The Morgan fingerprint density at radius 1 is 1.39 bits per heavy atom. The number of nitrogens with two attached hydrogens (primary N) is 1. The number of benzene rings is 1. The van der Waals surface area contributed by atoms with Crippen molar-refractivity contribution in [1.29, 1.82) is 0 Å². The molecule has 5 heteroatoms. The first kappa shape index (κ1) is 12.6. The van der Waals surface area contributed by atoms with Crippen molar-refractivity contribution in [3.63, 3.8) is 0 Å². The van der Waals surface area contributed by atoms with Crippen LogP contribution in [-0.4, -0.2) is 23.4 Å². The molecule has 0 bridgehead atoms. The molecule has 2 rings (SSSR count). The monoisotopic (exact) mass is 247 g/mol. The Bertz CT molecular complexity index is 523. The molecule has 0 unspecified atom stereocenters. The van der Waals surface area contributed by atoms with Gasteiger partial charge in [0.1, 0.15) is 0 Å². The highest BCUT2D eigenvalue weighted by atomic mass is 16.5. The topological polar surface area (TPSA) is 74.2 Å². The number of nitrogens with zero attached hydrogens (tertiary/aromatic N) is 2. The van der Waals surface area contributed by atoms with Gasteiger partial charge in [-0.3, -0.25) is 0 Å². The van der Waals surface area contributed by atoms with Gasteiger partial charge in [-0.1, -0.05) is 16.8 Å². The average molecular weight is 247 g/mol. The van der Waals surface area contributed by atoms with E-state index >= 15 is 0 Å². The van der Waals surface area contributed by atoms with Gasteiger partial charge in [-0.15, -0.1) is 0 Å². The number of anilines is 1. The second kappa shape index (κ2) is 5.64. The molecule has 1 aromatic heterocycles. The summed E-state index contributed by atoms with van der Waals surface area (Å²) in [6.07, 6.45) is 0.642. The number of hydrogen-bond donors (Lipinski definition) is 1. The van der Waals surface area contributed by atoms with Crippen molar-refractivity contribution in [3.05, 3.63) is 29.6 Å². The predicted molar refractivity (Wildman–Crippen MR) is 69.1 cm³/mol. The molecule has 1 heterocycles. The van der Waals surface area contributed by atoms with Crippen molar-refractivity contribution in [2.75, 3.05) is 18.9 Å². The van der Waals surface area contributed by atoms with Gasteiger partial charge in [0.25, 0.3) is 5.89 Å². The summed E-state index contributed by atoms with van der Waals surface area (Å²) in [7, 11) is 0. The van der Waals surface area contributed by atoms with E-state index in [0.717, 1.165) is 11.1 Å². The SMILES string of the molecule is CCOCCc1noc(-c2cc(C)ccc2N)n1. The van der Waals surface area contributed by atoms with Crippen LogP contribution in [0.1, 0.15) is 18.3 Å². The molecule has 0 saturated carbocycles. The summed E-state index contributed by atoms with van der Waals surface area (Å²) < 4.78 is 10.5. The summed E-state index contributed by atoms with van der Waals surface area (Å²) in [5, 5.41) is 3.91. The number of ether oxygens (including phenoxy) is 1. The number of aryl methyl sites for hydroxylation is 1. The number of nitrogen functional groups attached to an aromatic ring is 1. The summed E-state index contributed by atoms with van der Waals surface area (Å²) >= 11 is 0. The lowest BCUT2D eigenvalue weighted by Crippen LogP contribution is -1.99. The Kier molecular flexibility index (Phi) is 3.94. The molecule has 5 nitrogen and oxygen atoms in total. The normalized spacial score (nSPS) is 10.8. The van der Waals surface area contributed by atoms with Crippen LogP contribution in [0.15, 0.2) is 22.7 Å². The molecule has 0 amide bonds. The third-order valence-corrected chi connectivity index (χ3v) is 2.58. The van der Waals surface area contributed by atoms with E-state index in [9.17, 15) is 0 Å². The van der Waals surface area contributed by atoms with Crippen molar-refractivity contribution < 1.29 is 9.26 Å². The minimum atomic E-state index is 0.461. The third kappa shape index (κ3) is 2.87. The van der Waals surface area contributed by atoms with Crippen molar-refractivity contribution in [2.24, 2.45) is 0 Å². The van der Waals surface area contributed by atoms with Crippen LogP contribution < -0.4 is 5.73 Å². The zero-order chi connectivity index (χ0) is 13.0. The Hall–Kier alpha value is -1.88. The highest BCUT2D eigenvalue weighted by Gasteiger charge is 2.11. The van der Waals surface area contributed by atoms with Crippen molar-refractivity contribution in [2.45, 2.75) is 20.3 Å². The zero-order valence-corrected chi connectivity index (χ0v) is 10.6. The smallest absolute Gasteiger partial charge is 0.260 e. The van der Waals surface area contributed by atoms with Gasteiger partial charge in [-0.25, -0.2) is 0 Å². The summed E-state index contributed by atoms with van der Waals surface area (Å²) in [4.78, 5) is 4.32. The van der Waals surface area contributed by atoms with Gasteiger partial charge in [0.15, 0.2) is 5.82 Å². The maximum absolute atomic E-state index is 5.90. The molecule has 2 aromatic rings. The highest BCUT2D eigenvalue weighted by molar-refractivity contribution is 5.70. The van der Waals surface area contributed by atoms with Gasteiger partial charge < -0.3 is 15.0 Å². The van der Waals surface area contributed by atoms with Crippen LogP contribution in [0.3, 0.4) is 0 Å². The van der Waals surface area contributed by atoms with Crippen molar-refractivity contribution in [1.82, 2.24) is 10.1 Å². The van der Waals surface area contributed by atoms with Gasteiger partial charge in [0, 0.05) is 18.7 Å². The van der Waals surface area contributed by atoms with Gasteiger partial charge in [0.05, 0.1) is 12.2 Å². The fourth-order valence-electron chi connectivity index (χ4n) is 1.63. The molecule has 0 fully saturated rings. The maximum atomic E-state index is 5.90. The van der Waals surface area contributed by atoms with Crippen LogP contribution in [0.4, 0.5) is 5.69 Å². The van der Waals surface area contributed by atoms with E-state index in [1.165, 1.54) is 0 Å². The number of rotatable bonds is 5. The minimum absolute atomic E-state index is 0.461. The van der Waals surface area contributed by atoms with Crippen LogP contribution in [0.25, 0.3) is 11.5 Å². The molecular weight excluding hydrogens is 230 g/mol. The molecule has 96 valence electrons. The number of hydrogen-bond acceptors (Lipinski definition) is 5. The lowest BCUT2D eigenvalue weighted by molar-refractivity contribution is 0.149. The molecule has 0 radical (unpaired) electrons. The standard InChI is InChI=1S/C13H17N3O2/c1-3-17-7-6-12-15-13(18-16-12)10-8-9(2)4-5-11(10)14/h4-5,8H,3,6-7,14H2,1-2H3. The average Bonchev–Trinajstić information content (AvgIpc) is 2.81. The molecule has 0 aliphatic rings. The molecule has 0 saturated heterocycles. The molecule has 0 aliphatic heterocycles. The van der Waals surface area contributed by atoms with E-state index in [1.807, 2.05) is 32.0 Å². The van der Waals surface area contributed by atoms with Crippen molar-refractivity contribution in [3.8, 4) is 11.5 Å². The maximum Gasteiger partial charge on any atom is 0.260 e. The quantitative estimate of drug-likeness (QED) is 0.647. The van der Waals surface area contributed by atoms with Gasteiger partial charge in [-0.2, -0.15) is 4.98 Å². The molecular formula is C13H17N3O2. The fourth-order valence-corrected chi connectivity index (χ4v) is 1.63. The Morgan fingerprint density at radius 3 is 3.00 bits per heavy atom. The molecule has 0 aliphatic carbocycles. The third-order valence-electron chi connectivity index (χ3n) is 2.58. The van der Waals surface area contributed by atoms with Crippen LogP contribution in [0.5, 0.6) is 0 Å². The van der Waals surface area contributed by atoms with E-state index in [4.69, 9.17) is 15.0 Å². The van der Waals surface area contributed by atoms with E-state index < -0.39 is 0 Å². The van der Waals surface area contributed by atoms with Crippen LogP contribution in [-0.2, 0) is 11.2 Å². The molecule has 0 atom stereocenters. The minimum Gasteiger partial charge on any atom is -0.398 e. The van der Waals surface area contributed by atoms with Crippen LogP contribution in [0.2, 0.25) is 0 Å². The van der Waals surface area contributed by atoms with Crippen molar-refractivity contribution >= 4 is 5.69 Å². The second-order valence-corrected chi connectivity index (χ2v) is 4.05. The second-order valence-electron chi connectivity index (χ2n) is 4.05. The molecule has 2 N–H and O–H groups in total. The summed E-state index contributed by atoms with van der Waals surface area (Å²) in [6.45, 7) is 5.23. The first-order valence-corrected chi connectivity index (χ1v) is 5.97. The highest BCUT2D eigenvalue weighted by Crippen LogP contribution is 2.25. The first-order chi connectivity index (χ1) is 8.70. The lowest BCUT2D eigenvalue weighted by Gasteiger charge is -2.01. The Labute approximate surface area is 106 Å². The summed E-state index contributed by atoms with van der Waals surface area (Å²) in [5.74, 6) is 1.10. The number of aromatic nitrogens is 2. The zero-order valence-electron chi connectivity index (χ0n) is 10.6. The molecule has 1 aromatic carbocycles. The van der Waals surface area contributed by atoms with Gasteiger partial charge in [-0.05, 0) is 26.0 Å². The van der Waals surface area contributed by atoms with Crippen LogP contribution in [0, 0.1) is 6.92 Å². The van der Waals surface area contributed by atoms with E-state index in [-0.39, 0.29) is 0 Å². The lowest BCUT2D eigenvalue weighted by atomic mass is 10.1. The van der Waals surface area contributed by atoms with Gasteiger partial charge >= 0.3 is 0 Å². The summed E-state index contributed by atoms with van der Waals surface area (Å²) in [5.41, 5.74) is 8.43. The van der Waals surface area contributed by atoms with Crippen LogP contribution >= 0.6 is 0 Å². The van der Waals surface area contributed by atoms with Gasteiger partial charge in [0.2, 0.25) is 0 Å². The molecule has 0 spiro atoms. The predicted octanol–water partition coefficient (Wildman–Crippen LogP) is 2.21. The first-order valence-electron chi connectivity index (χ1n) is 5.97. The van der Waals surface area contributed by atoms with E-state index in [2.05, 4.69) is 10.1 Å². The Morgan fingerprint density at radius 2 is 2.22 bits per heavy atom. The van der Waals surface area contributed by atoms with E-state index in [0.29, 0.717) is 37.0 Å². The molecule has 18 heavy (non-hydrogen) atoms. The summed E-state index contributed by atoms with van der Waals surface area (Å²) in [6, 6.07) is 5.73. The largest absolute Gasteiger partial charge is 0.398 e. The fraction of sp³-hybridized carbons (Fsp3) is 0.385. The Balaban J connectivity index is 2.16.